The number of hydrogen-bond acceptors (Lipinski definition) is 7. The van der Waals surface area contributed by atoms with E-state index in [1.165, 1.54) is 6.07 Å². The van der Waals surface area contributed by atoms with Gasteiger partial charge in [-0.1, -0.05) is 0 Å². The second-order valence-corrected chi connectivity index (χ2v) is 4.99. The Bertz CT molecular complexity index is 855. The molecule has 0 radical (unpaired) electrons. The summed E-state index contributed by atoms with van der Waals surface area (Å²) in [6, 6.07) is 3.92. The molecule has 1 aromatic heterocycles. The lowest BCUT2D eigenvalue weighted by Crippen LogP contribution is -2.41. The molecule has 11 nitrogen and oxygen atoms in total. The molecule has 2 amide bonds. The number of non-ortho nitro benzene ring substituents is 2. The zero-order chi connectivity index (χ0) is 18.7. The SMILES string of the molecule is Cc1cc(C(=O)NNC(=O)c2cc([N+](=O)[O-])cc([N+](=O)[O-])c2)c(C)o1. The third-order valence-electron chi connectivity index (χ3n) is 3.16. The van der Waals surface area contributed by atoms with Crippen molar-refractivity contribution in [2.45, 2.75) is 13.8 Å². The minimum absolute atomic E-state index is 0.197. The van der Waals surface area contributed by atoms with Gasteiger partial charge in [-0.25, -0.2) is 0 Å². The number of aryl methyl sites for hydroxylation is 2. The Balaban J connectivity index is 2.17. The van der Waals surface area contributed by atoms with E-state index in [0.29, 0.717) is 11.5 Å². The van der Waals surface area contributed by atoms with E-state index < -0.39 is 33.0 Å². The average Bonchev–Trinajstić information content (AvgIpc) is 2.90. The summed E-state index contributed by atoms with van der Waals surface area (Å²) < 4.78 is 5.19. The average molecular weight is 348 g/mol. The Kier molecular flexibility index (Phi) is 4.77. The molecule has 0 aliphatic rings. The standard InChI is InChI=1S/C14H12N4O7/c1-7-3-12(8(2)25-7)14(20)16-15-13(19)9-4-10(17(21)22)6-11(5-9)18(23)24/h3-6H,1-2H3,(H,15,19)(H,16,20). The van der Waals surface area contributed by atoms with Gasteiger partial charge in [0.1, 0.15) is 11.5 Å². The molecule has 25 heavy (non-hydrogen) atoms. The molecule has 0 saturated heterocycles. The predicted molar refractivity (Wildman–Crippen MR) is 82.9 cm³/mol. The maximum Gasteiger partial charge on any atom is 0.277 e. The second-order valence-electron chi connectivity index (χ2n) is 4.99. The molecule has 1 heterocycles. The zero-order valence-corrected chi connectivity index (χ0v) is 13.1. The van der Waals surface area contributed by atoms with Gasteiger partial charge in [0.2, 0.25) is 0 Å². The number of benzene rings is 1. The van der Waals surface area contributed by atoms with Gasteiger partial charge >= 0.3 is 0 Å². The molecule has 2 aromatic rings. The molecular weight excluding hydrogens is 336 g/mol. The van der Waals surface area contributed by atoms with Crippen LogP contribution in [0.5, 0.6) is 0 Å². The summed E-state index contributed by atoms with van der Waals surface area (Å²) in [6.45, 7) is 3.21. The number of carbonyl (C=O) groups is 2. The summed E-state index contributed by atoms with van der Waals surface area (Å²) in [6.07, 6.45) is 0. The van der Waals surface area contributed by atoms with E-state index in [4.69, 9.17) is 4.42 Å². The van der Waals surface area contributed by atoms with E-state index in [9.17, 15) is 29.8 Å². The number of carbonyl (C=O) groups excluding carboxylic acids is 2. The van der Waals surface area contributed by atoms with Crippen LogP contribution in [0.15, 0.2) is 28.7 Å². The third-order valence-corrected chi connectivity index (χ3v) is 3.16. The molecule has 0 spiro atoms. The first kappa shape index (κ1) is 17.6. The van der Waals surface area contributed by atoms with E-state index in [0.717, 1.165) is 18.2 Å². The van der Waals surface area contributed by atoms with Crippen LogP contribution in [-0.4, -0.2) is 21.7 Å². The van der Waals surface area contributed by atoms with Crippen LogP contribution in [0.4, 0.5) is 11.4 Å². The highest BCUT2D eigenvalue weighted by Gasteiger charge is 2.21. The highest BCUT2D eigenvalue weighted by atomic mass is 16.6. The van der Waals surface area contributed by atoms with E-state index in [2.05, 4.69) is 5.43 Å². The van der Waals surface area contributed by atoms with E-state index >= 15 is 0 Å². The van der Waals surface area contributed by atoms with Crippen molar-refractivity contribution in [3.05, 3.63) is 67.1 Å². The summed E-state index contributed by atoms with van der Waals surface area (Å²) in [7, 11) is 0. The Morgan fingerprint density at radius 2 is 1.44 bits per heavy atom. The second kappa shape index (κ2) is 6.78. The monoisotopic (exact) mass is 348 g/mol. The molecule has 0 fully saturated rings. The number of furan rings is 1. The summed E-state index contributed by atoms with van der Waals surface area (Å²) >= 11 is 0. The topological polar surface area (TPSA) is 158 Å². The van der Waals surface area contributed by atoms with Crippen LogP contribution in [0.25, 0.3) is 0 Å². The van der Waals surface area contributed by atoms with E-state index in [-0.39, 0.29) is 11.1 Å². The lowest BCUT2D eigenvalue weighted by atomic mass is 10.1. The van der Waals surface area contributed by atoms with Crippen molar-refractivity contribution in [1.29, 1.82) is 0 Å². The molecule has 0 aliphatic carbocycles. The molecule has 1 aromatic carbocycles. The zero-order valence-electron chi connectivity index (χ0n) is 13.1. The number of hydrogen-bond donors (Lipinski definition) is 2. The normalized spacial score (nSPS) is 10.2. The molecular formula is C14H12N4O7. The fourth-order valence-electron chi connectivity index (χ4n) is 2.05. The lowest BCUT2D eigenvalue weighted by Gasteiger charge is -2.07. The van der Waals surface area contributed by atoms with Crippen LogP contribution in [0, 0.1) is 34.1 Å². The quantitative estimate of drug-likeness (QED) is 0.629. The number of nitrogens with zero attached hydrogens (tertiary/aromatic N) is 2. The molecule has 130 valence electrons. The number of nitrogens with one attached hydrogen (secondary N) is 2. The predicted octanol–water partition coefficient (Wildman–Crippen LogP) is 1.79. The minimum atomic E-state index is -0.946. The van der Waals surface area contributed by atoms with Crippen molar-refractivity contribution in [2.75, 3.05) is 0 Å². The molecule has 0 atom stereocenters. The fourth-order valence-corrected chi connectivity index (χ4v) is 2.05. The van der Waals surface area contributed by atoms with E-state index in [1.54, 1.807) is 13.8 Å². The van der Waals surface area contributed by atoms with Crippen LogP contribution >= 0.6 is 0 Å². The van der Waals surface area contributed by atoms with E-state index in [1.807, 2.05) is 5.43 Å². The number of hydrazine groups is 1. The molecule has 11 heteroatoms. The molecule has 2 rings (SSSR count). The van der Waals surface area contributed by atoms with Crippen LogP contribution in [-0.2, 0) is 0 Å². The largest absolute Gasteiger partial charge is 0.466 e. The van der Waals surface area contributed by atoms with Gasteiger partial charge in [0.05, 0.1) is 27.0 Å². The van der Waals surface area contributed by atoms with Gasteiger partial charge in [0, 0.05) is 12.1 Å². The molecule has 0 saturated carbocycles. The summed E-state index contributed by atoms with van der Waals surface area (Å²) in [5, 5.41) is 21.6. The molecule has 0 aliphatic heterocycles. The number of nitro groups is 2. The van der Waals surface area contributed by atoms with Gasteiger partial charge in [-0.15, -0.1) is 0 Å². The van der Waals surface area contributed by atoms with Gasteiger partial charge < -0.3 is 4.42 Å². The Labute approximate surface area is 139 Å². The third kappa shape index (κ3) is 3.96. The summed E-state index contributed by atoms with van der Waals surface area (Å²) in [5.41, 5.74) is 2.77. The number of nitro benzene ring substituents is 2. The Hall–Kier alpha value is -3.76. The van der Waals surface area contributed by atoms with Crippen molar-refractivity contribution in [3.8, 4) is 0 Å². The summed E-state index contributed by atoms with van der Waals surface area (Å²) in [4.78, 5) is 43.9. The van der Waals surface area contributed by atoms with Gasteiger partial charge in [-0.2, -0.15) is 0 Å². The fraction of sp³-hybridized carbons (Fsp3) is 0.143. The molecule has 0 unspecified atom stereocenters. The van der Waals surface area contributed by atoms with Crippen molar-refractivity contribution < 1.29 is 23.9 Å². The lowest BCUT2D eigenvalue weighted by molar-refractivity contribution is -0.394. The smallest absolute Gasteiger partial charge is 0.277 e. The van der Waals surface area contributed by atoms with Crippen LogP contribution in [0.2, 0.25) is 0 Å². The number of rotatable bonds is 4. The van der Waals surface area contributed by atoms with Crippen molar-refractivity contribution >= 4 is 23.2 Å². The Morgan fingerprint density at radius 3 is 1.88 bits per heavy atom. The number of amides is 2. The first-order valence-electron chi connectivity index (χ1n) is 6.80. The van der Waals surface area contributed by atoms with Gasteiger partial charge in [0.15, 0.2) is 0 Å². The maximum absolute atomic E-state index is 12.0. The van der Waals surface area contributed by atoms with Crippen molar-refractivity contribution in [2.24, 2.45) is 0 Å². The van der Waals surface area contributed by atoms with Crippen LogP contribution in [0.3, 0.4) is 0 Å². The van der Waals surface area contributed by atoms with Crippen molar-refractivity contribution in [1.82, 2.24) is 10.9 Å². The van der Waals surface area contributed by atoms with Gasteiger partial charge in [-0.05, 0) is 19.9 Å². The molecule has 0 bridgehead atoms. The first-order valence-corrected chi connectivity index (χ1v) is 6.80. The van der Waals surface area contributed by atoms with Gasteiger partial charge in [0.25, 0.3) is 23.2 Å². The van der Waals surface area contributed by atoms with Gasteiger partial charge in [-0.3, -0.25) is 40.7 Å². The highest BCUT2D eigenvalue weighted by molar-refractivity contribution is 6.00. The minimum Gasteiger partial charge on any atom is -0.466 e. The highest BCUT2D eigenvalue weighted by Crippen LogP contribution is 2.22. The maximum atomic E-state index is 12.0. The first-order chi connectivity index (χ1) is 11.7. The van der Waals surface area contributed by atoms with Crippen molar-refractivity contribution in [3.63, 3.8) is 0 Å². The van der Waals surface area contributed by atoms with Crippen LogP contribution < -0.4 is 10.9 Å². The Morgan fingerprint density at radius 1 is 0.920 bits per heavy atom. The van der Waals surface area contributed by atoms with Crippen LogP contribution in [0.1, 0.15) is 32.2 Å². The molecule has 2 N–H and O–H groups in total. The summed E-state index contributed by atoms with van der Waals surface area (Å²) in [5.74, 6) is -0.765.